The standard InChI is InChI=1S/C9H3F15O5/c1-26-2(25)3(10,11)27-6(17,18)7(19,20)29-9(23,24)8(21,22)28-5(15,16)4(12,13)14/h1H3. The maximum atomic E-state index is 12.9. The average molecular weight is 476 g/mol. The molecule has 0 saturated heterocycles. The number of halogens is 15. The van der Waals surface area contributed by atoms with Crippen molar-refractivity contribution in [1.29, 1.82) is 0 Å². The lowest BCUT2D eigenvalue weighted by Crippen LogP contribution is -2.59. The van der Waals surface area contributed by atoms with E-state index in [1.165, 1.54) is 9.47 Å². The molecule has 0 aliphatic carbocycles. The largest absolute Gasteiger partial charge is 0.483 e. The first-order chi connectivity index (χ1) is 12.4. The molecule has 174 valence electrons. The molecular formula is C9H3F15O5. The zero-order valence-corrected chi connectivity index (χ0v) is 12.7. The molecule has 0 aliphatic rings. The van der Waals surface area contributed by atoms with E-state index in [1.54, 1.807) is 0 Å². The van der Waals surface area contributed by atoms with Crippen molar-refractivity contribution in [3.8, 4) is 0 Å². The van der Waals surface area contributed by atoms with Gasteiger partial charge in [0.1, 0.15) is 0 Å². The van der Waals surface area contributed by atoms with E-state index in [0.717, 1.165) is 0 Å². The molecule has 0 atom stereocenters. The number of hydrogen-bond acceptors (Lipinski definition) is 5. The van der Waals surface area contributed by atoms with Crippen LogP contribution in [0.3, 0.4) is 0 Å². The Morgan fingerprint density at radius 1 is 0.517 bits per heavy atom. The predicted octanol–water partition coefficient (Wildman–Crippen LogP) is 4.33. The highest BCUT2D eigenvalue weighted by atomic mass is 19.4. The van der Waals surface area contributed by atoms with E-state index in [2.05, 4.69) is 4.74 Å². The van der Waals surface area contributed by atoms with E-state index in [1.807, 2.05) is 4.74 Å². The van der Waals surface area contributed by atoms with E-state index in [9.17, 15) is 70.7 Å². The monoisotopic (exact) mass is 476 g/mol. The van der Waals surface area contributed by atoms with Gasteiger partial charge in [-0.05, 0) is 0 Å². The number of esters is 1. The first kappa shape index (κ1) is 27.3. The molecule has 0 unspecified atom stereocenters. The van der Waals surface area contributed by atoms with Gasteiger partial charge in [-0.2, -0.15) is 65.9 Å². The number of carbonyl (C=O) groups excluding carboxylic acids is 1. The number of ether oxygens (including phenoxy) is 4. The predicted molar refractivity (Wildman–Crippen MR) is 51.0 cm³/mol. The lowest BCUT2D eigenvalue weighted by atomic mass is 10.5. The average Bonchev–Trinajstić information content (AvgIpc) is 2.41. The lowest BCUT2D eigenvalue weighted by Gasteiger charge is -2.34. The Morgan fingerprint density at radius 2 is 0.793 bits per heavy atom. The summed E-state index contributed by atoms with van der Waals surface area (Å²) in [5.41, 5.74) is 0. The normalized spacial score (nSPS) is 15.4. The second kappa shape index (κ2) is 7.52. The van der Waals surface area contributed by atoms with Gasteiger partial charge in [0, 0.05) is 0 Å². The molecule has 0 spiro atoms. The van der Waals surface area contributed by atoms with Crippen molar-refractivity contribution >= 4 is 5.97 Å². The van der Waals surface area contributed by atoms with Crippen LogP contribution in [0.2, 0.25) is 0 Å². The van der Waals surface area contributed by atoms with Crippen LogP contribution in [0.25, 0.3) is 0 Å². The molecule has 0 aromatic carbocycles. The van der Waals surface area contributed by atoms with Crippen molar-refractivity contribution in [3.63, 3.8) is 0 Å². The molecule has 0 aromatic rings. The number of hydrogen-bond donors (Lipinski definition) is 0. The van der Waals surface area contributed by atoms with Gasteiger partial charge in [0.15, 0.2) is 0 Å². The molecule has 0 heterocycles. The summed E-state index contributed by atoms with van der Waals surface area (Å²) in [7, 11) is 0.0687. The minimum absolute atomic E-state index is 0.0687. The number of methoxy groups -OCH3 is 1. The van der Waals surface area contributed by atoms with Gasteiger partial charge in [0.2, 0.25) is 0 Å². The second-order valence-electron chi connectivity index (χ2n) is 4.40. The zero-order chi connectivity index (χ0) is 23.9. The zero-order valence-electron chi connectivity index (χ0n) is 12.7. The van der Waals surface area contributed by atoms with Crippen LogP contribution in [-0.4, -0.2) is 55.9 Å². The lowest BCUT2D eigenvalue weighted by molar-refractivity contribution is -0.565. The van der Waals surface area contributed by atoms with Crippen LogP contribution in [0.5, 0.6) is 0 Å². The van der Waals surface area contributed by atoms with Crippen LogP contribution in [0.15, 0.2) is 0 Å². The molecule has 0 N–H and O–H groups in total. The van der Waals surface area contributed by atoms with E-state index in [4.69, 9.17) is 0 Å². The number of carbonyl (C=O) groups is 1. The third-order valence-corrected chi connectivity index (χ3v) is 2.20. The summed E-state index contributed by atoms with van der Waals surface area (Å²) in [6.07, 6.45) is -49.5. The number of rotatable bonds is 9. The molecular weight excluding hydrogens is 473 g/mol. The van der Waals surface area contributed by atoms with Gasteiger partial charge in [-0.3, -0.25) is 0 Å². The molecule has 0 saturated carbocycles. The fourth-order valence-electron chi connectivity index (χ4n) is 0.939. The van der Waals surface area contributed by atoms with E-state index in [0.29, 0.717) is 0 Å². The smallest absolute Gasteiger partial charge is 0.463 e. The summed E-state index contributed by atoms with van der Waals surface area (Å²) in [6, 6.07) is 0. The van der Waals surface area contributed by atoms with Gasteiger partial charge in [0.05, 0.1) is 7.11 Å². The maximum Gasteiger partial charge on any atom is 0.483 e. The van der Waals surface area contributed by atoms with Gasteiger partial charge < -0.3 is 4.74 Å². The van der Waals surface area contributed by atoms with Crippen LogP contribution in [-0.2, 0) is 23.7 Å². The van der Waals surface area contributed by atoms with Crippen LogP contribution < -0.4 is 0 Å². The van der Waals surface area contributed by atoms with Crippen molar-refractivity contribution in [1.82, 2.24) is 0 Å². The molecule has 5 nitrogen and oxygen atoms in total. The van der Waals surface area contributed by atoms with Crippen molar-refractivity contribution in [2.75, 3.05) is 7.11 Å². The van der Waals surface area contributed by atoms with Gasteiger partial charge in [-0.1, -0.05) is 0 Å². The summed E-state index contributed by atoms with van der Waals surface area (Å²) in [4.78, 5) is 10.3. The molecule has 0 bridgehead atoms. The Labute approximate surface area is 147 Å². The second-order valence-corrected chi connectivity index (χ2v) is 4.40. The van der Waals surface area contributed by atoms with E-state index in [-0.39, 0.29) is 7.11 Å². The highest BCUT2D eigenvalue weighted by Crippen LogP contribution is 2.50. The van der Waals surface area contributed by atoms with E-state index < -0.39 is 48.8 Å². The molecule has 0 radical (unpaired) electrons. The maximum absolute atomic E-state index is 12.9. The van der Waals surface area contributed by atoms with E-state index >= 15 is 0 Å². The van der Waals surface area contributed by atoms with Crippen LogP contribution in [0, 0.1) is 0 Å². The first-order valence-corrected chi connectivity index (χ1v) is 5.88. The van der Waals surface area contributed by atoms with Crippen molar-refractivity contribution in [2.45, 2.75) is 42.8 Å². The Morgan fingerprint density at radius 3 is 1.07 bits per heavy atom. The highest BCUT2D eigenvalue weighted by Gasteiger charge is 2.76. The van der Waals surface area contributed by atoms with Crippen LogP contribution in [0.1, 0.15) is 0 Å². The quantitative estimate of drug-likeness (QED) is 0.367. The Balaban J connectivity index is 5.74. The van der Waals surface area contributed by atoms with Gasteiger partial charge >= 0.3 is 48.8 Å². The molecule has 0 aliphatic heterocycles. The van der Waals surface area contributed by atoms with Crippen molar-refractivity contribution in [2.24, 2.45) is 0 Å². The Bertz CT molecular complexity index is 597. The third kappa shape index (κ3) is 5.90. The van der Waals surface area contributed by atoms with Gasteiger partial charge in [-0.25, -0.2) is 19.0 Å². The molecule has 0 amide bonds. The summed E-state index contributed by atoms with van der Waals surface area (Å²) < 4.78 is 196. The number of alkyl halides is 15. The topological polar surface area (TPSA) is 54.0 Å². The highest BCUT2D eigenvalue weighted by molar-refractivity contribution is 5.75. The first-order valence-electron chi connectivity index (χ1n) is 5.88. The molecule has 0 fully saturated rings. The Hall–Kier alpha value is -1.70. The van der Waals surface area contributed by atoms with Gasteiger partial charge in [-0.15, -0.1) is 0 Å². The van der Waals surface area contributed by atoms with Crippen molar-refractivity contribution in [3.05, 3.63) is 0 Å². The Kier molecular flexibility index (Phi) is 7.08. The van der Waals surface area contributed by atoms with Crippen molar-refractivity contribution < 1.29 is 89.6 Å². The minimum Gasteiger partial charge on any atom is -0.463 e. The fourth-order valence-corrected chi connectivity index (χ4v) is 0.939. The minimum atomic E-state index is -7.43. The van der Waals surface area contributed by atoms with Crippen LogP contribution in [0.4, 0.5) is 65.9 Å². The molecule has 0 aromatic heterocycles. The molecule has 29 heavy (non-hydrogen) atoms. The SMILES string of the molecule is COC(=O)C(F)(F)OC(F)(F)C(F)(F)OC(F)(F)C(F)(F)OC(F)(F)C(F)(F)F. The fraction of sp³-hybridized carbons (Fsp3) is 0.889. The van der Waals surface area contributed by atoms with Gasteiger partial charge in [0.25, 0.3) is 0 Å². The summed E-state index contributed by atoms with van der Waals surface area (Å²) in [5, 5.41) is 0. The summed E-state index contributed by atoms with van der Waals surface area (Å²) in [6.45, 7) is 0. The molecule has 20 heteroatoms. The summed E-state index contributed by atoms with van der Waals surface area (Å²) >= 11 is 0. The third-order valence-electron chi connectivity index (χ3n) is 2.20. The summed E-state index contributed by atoms with van der Waals surface area (Å²) in [5.74, 6) is -3.13. The molecule has 0 rings (SSSR count). The van der Waals surface area contributed by atoms with Crippen LogP contribution >= 0.6 is 0 Å².